The molecule has 4 nitrogen and oxygen atoms in total. The van der Waals surface area contributed by atoms with E-state index in [1.165, 1.54) is 0 Å². The molecule has 0 aliphatic carbocycles. The van der Waals surface area contributed by atoms with Crippen molar-refractivity contribution in [3.05, 3.63) is 29.3 Å². The Morgan fingerprint density at radius 3 is 2.61 bits per heavy atom. The van der Waals surface area contributed by atoms with Crippen molar-refractivity contribution in [2.45, 2.75) is 13.8 Å². The number of carbonyl (C=O) groups is 2. The topological polar surface area (TPSA) is 58.2 Å². The van der Waals surface area contributed by atoms with E-state index in [1.807, 2.05) is 0 Å². The lowest BCUT2D eigenvalue weighted by Crippen LogP contribution is -2.23. The number of rotatable bonds is 4. The fourth-order valence-electron chi connectivity index (χ4n) is 1.48. The van der Waals surface area contributed by atoms with E-state index in [0.717, 1.165) is 5.56 Å². The van der Waals surface area contributed by atoms with Gasteiger partial charge in [0.05, 0.1) is 0 Å². The average molecular weight is 269 g/mol. The van der Waals surface area contributed by atoms with E-state index < -0.39 is 0 Å². The van der Waals surface area contributed by atoms with E-state index in [4.69, 9.17) is 11.6 Å². The van der Waals surface area contributed by atoms with Crippen LogP contribution in [0.5, 0.6) is 0 Å². The van der Waals surface area contributed by atoms with Crippen molar-refractivity contribution in [1.29, 1.82) is 0 Å². The number of nitrogens with one attached hydrogen (secondary N) is 2. The second kappa shape index (κ2) is 6.40. The van der Waals surface area contributed by atoms with Crippen LogP contribution in [0.25, 0.3) is 0 Å². The van der Waals surface area contributed by atoms with Crippen molar-refractivity contribution in [2.75, 3.05) is 18.2 Å². The van der Waals surface area contributed by atoms with Crippen LogP contribution in [0.3, 0.4) is 0 Å². The van der Waals surface area contributed by atoms with Crippen molar-refractivity contribution >= 4 is 29.1 Å². The molecule has 98 valence electrons. The Labute approximate surface area is 112 Å². The number of alkyl halides is 1. The van der Waals surface area contributed by atoms with Gasteiger partial charge in [0.25, 0.3) is 5.91 Å². The molecule has 2 N–H and O–H groups in total. The number of benzene rings is 1. The van der Waals surface area contributed by atoms with Crippen molar-refractivity contribution in [3.63, 3.8) is 0 Å². The standard InChI is InChI=1S/C13H17ClN2O2/c1-8(7-14)12(17)16-11-6-4-5-10(9(11)2)13(18)15-3/h4-6,8H,7H2,1-3H3,(H,15,18)(H,16,17). The molecule has 1 unspecified atom stereocenters. The highest BCUT2D eigenvalue weighted by Crippen LogP contribution is 2.19. The van der Waals surface area contributed by atoms with Crippen molar-refractivity contribution in [1.82, 2.24) is 5.32 Å². The summed E-state index contributed by atoms with van der Waals surface area (Å²) in [4.78, 5) is 23.4. The first-order valence-corrected chi connectivity index (χ1v) is 6.23. The molecule has 0 spiro atoms. The first kappa shape index (κ1) is 14.5. The van der Waals surface area contributed by atoms with Gasteiger partial charge in [0, 0.05) is 30.1 Å². The Kier molecular flexibility index (Phi) is 5.16. The molecular weight excluding hydrogens is 252 g/mol. The summed E-state index contributed by atoms with van der Waals surface area (Å²) >= 11 is 5.63. The Balaban J connectivity index is 2.98. The Morgan fingerprint density at radius 2 is 2.06 bits per heavy atom. The quantitative estimate of drug-likeness (QED) is 0.823. The van der Waals surface area contributed by atoms with Crippen LogP contribution in [0.15, 0.2) is 18.2 Å². The summed E-state index contributed by atoms with van der Waals surface area (Å²) in [6, 6.07) is 5.22. The largest absolute Gasteiger partial charge is 0.355 e. The number of hydrogen-bond donors (Lipinski definition) is 2. The minimum absolute atomic E-state index is 0.151. The summed E-state index contributed by atoms with van der Waals surface area (Å²) in [6.07, 6.45) is 0. The lowest BCUT2D eigenvalue weighted by molar-refractivity contribution is -0.118. The van der Waals surface area contributed by atoms with Gasteiger partial charge in [-0.05, 0) is 24.6 Å². The zero-order valence-corrected chi connectivity index (χ0v) is 11.5. The van der Waals surface area contributed by atoms with E-state index in [9.17, 15) is 9.59 Å². The maximum Gasteiger partial charge on any atom is 0.251 e. The third-order valence-corrected chi connectivity index (χ3v) is 3.21. The smallest absolute Gasteiger partial charge is 0.251 e. The van der Waals surface area contributed by atoms with Crippen LogP contribution in [0.1, 0.15) is 22.8 Å². The zero-order valence-electron chi connectivity index (χ0n) is 10.7. The highest BCUT2D eigenvalue weighted by Gasteiger charge is 2.15. The second-order valence-electron chi connectivity index (χ2n) is 4.10. The summed E-state index contributed by atoms with van der Waals surface area (Å²) in [7, 11) is 1.57. The predicted molar refractivity (Wildman–Crippen MR) is 73.1 cm³/mol. The van der Waals surface area contributed by atoms with Crippen LogP contribution in [-0.4, -0.2) is 24.7 Å². The third-order valence-electron chi connectivity index (χ3n) is 2.74. The van der Waals surface area contributed by atoms with E-state index in [2.05, 4.69) is 10.6 Å². The summed E-state index contributed by atoms with van der Waals surface area (Å²) in [5.74, 6) is -0.328. The van der Waals surface area contributed by atoms with Gasteiger partial charge in [-0.25, -0.2) is 0 Å². The molecule has 18 heavy (non-hydrogen) atoms. The molecule has 0 aromatic heterocycles. The lowest BCUT2D eigenvalue weighted by atomic mass is 10.1. The Bertz CT molecular complexity index is 460. The molecular formula is C13H17ClN2O2. The van der Waals surface area contributed by atoms with Crippen molar-refractivity contribution in [3.8, 4) is 0 Å². The highest BCUT2D eigenvalue weighted by molar-refractivity contribution is 6.19. The molecule has 0 fully saturated rings. The van der Waals surface area contributed by atoms with Gasteiger partial charge in [0.15, 0.2) is 0 Å². The van der Waals surface area contributed by atoms with Gasteiger partial charge in [0.1, 0.15) is 0 Å². The van der Waals surface area contributed by atoms with Crippen LogP contribution in [-0.2, 0) is 4.79 Å². The van der Waals surface area contributed by atoms with Crippen LogP contribution in [0.2, 0.25) is 0 Å². The first-order valence-electron chi connectivity index (χ1n) is 5.69. The minimum atomic E-state index is -0.269. The molecule has 0 aliphatic heterocycles. The van der Waals surface area contributed by atoms with E-state index in [1.54, 1.807) is 39.1 Å². The second-order valence-corrected chi connectivity index (χ2v) is 4.41. The van der Waals surface area contributed by atoms with Gasteiger partial charge in [-0.15, -0.1) is 11.6 Å². The van der Waals surface area contributed by atoms with Gasteiger partial charge in [0.2, 0.25) is 5.91 Å². The summed E-state index contributed by atoms with van der Waals surface area (Å²) in [5.41, 5.74) is 1.93. The molecule has 2 amide bonds. The Morgan fingerprint density at radius 1 is 1.39 bits per heavy atom. The summed E-state index contributed by atoms with van der Waals surface area (Å²) in [6.45, 7) is 3.55. The molecule has 0 bridgehead atoms. The van der Waals surface area contributed by atoms with Crippen molar-refractivity contribution < 1.29 is 9.59 Å². The van der Waals surface area contributed by atoms with E-state index >= 15 is 0 Å². The molecule has 0 saturated heterocycles. The van der Waals surface area contributed by atoms with E-state index in [0.29, 0.717) is 11.3 Å². The average Bonchev–Trinajstić information content (AvgIpc) is 2.39. The highest BCUT2D eigenvalue weighted by atomic mass is 35.5. The van der Waals surface area contributed by atoms with Gasteiger partial charge >= 0.3 is 0 Å². The third kappa shape index (κ3) is 3.23. The number of amides is 2. The van der Waals surface area contributed by atoms with Gasteiger partial charge in [-0.1, -0.05) is 13.0 Å². The molecule has 0 radical (unpaired) electrons. The monoisotopic (exact) mass is 268 g/mol. The molecule has 1 aromatic rings. The van der Waals surface area contributed by atoms with Crippen LogP contribution in [0.4, 0.5) is 5.69 Å². The first-order chi connectivity index (χ1) is 8.51. The normalized spacial score (nSPS) is 11.8. The van der Waals surface area contributed by atoms with Crippen LogP contribution < -0.4 is 10.6 Å². The molecule has 1 aromatic carbocycles. The van der Waals surface area contributed by atoms with E-state index in [-0.39, 0.29) is 23.6 Å². The molecule has 1 atom stereocenters. The fraction of sp³-hybridized carbons (Fsp3) is 0.385. The fourth-order valence-corrected chi connectivity index (χ4v) is 1.62. The van der Waals surface area contributed by atoms with Crippen molar-refractivity contribution in [2.24, 2.45) is 5.92 Å². The zero-order chi connectivity index (χ0) is 13.7. The van der Waals surface area contributed by atoms with Gasteiger partial charge in [-0.2, -0.15) is 0 Å². The SMILES string of the molecule is CNC(=O)c1cccc(NC(=O)C(C)CCl)c1C. The summed E-state index contributed by atoms with van der Waals surface area (Å²) < 4.78 is 0. The predicted octanol–water partition coefficient (Wildman–Crippen LogP) is 2.17. The maximum atomic E-state index is 11.8. The molecule has 5 heteroatoms. The maximum absolute atomic E-state index is 11.8. The number of halogens is 1. The lowest BCUT2D eigenvalue weighted by Gasteiger charge is -2.13. The minimum Gasteiger partial charge on any atom is -0.355 e. The van der Waals surface area contributed by atoms with Crippen LogP contribution >= 0.6 is 11.6 Å². The number of carbonyl (C=O) groups excluding carboxylic acids is 2. The molecule has 0 heterocycles. The van der Waals surface area contributed by atoms with Crippen LogP contribution in [0, 0.1) is 12.8 Å². The molecule has 0 aliphatic rings. The summed E-state index contributed by atoms with van der Waals surface area (Å²) in [5, 5.41) is 5.34. The van der Waals surface area contributed by atoms with Gasteiger partial charge < -0.3 is 10.6 Å². The number of hydrogen-bond acceptors (Lipinski definition) is 2. The molecule has 0 saturated carbocycles. The number of anilines is 1. The Hall–Kier alpha value is -1.55. The molecule has 1 rings (SSSR count). The van der Waals surface area contributed by atoms with Gasteiger partial charge in [-0.3, -0.25) is 9.59 Å².